The summed E-state index contributed by atoms with van der Waals surface area (Å²) in [5.74, 6) is -2.68. The van der Waals surface area contributed by atoms with Gasteiger partial charge in [0, 0.05) is 19.2 Å². The molecule has 1 unspecified atom stereocenters. The summed E-state index contributed by atoms with van der Waals surface area (Å²) in [4.78, 5) is 13.8. The van der Waals surface area contributed by atoms with Gasteiger partial charge in [0.1, 0.15) is 27.9 Å². The van der Waals surface area contributed by atoms with E-state index in [1.54, 1.807) is 6.07 Å². The molecule has 1 amide bonds. The SMILES string of the molecule is O=C(OC1([C@H]2CCC[C@@H](c3cccc(F)c3)N2S(=O)(=O)c2ccc(F)cc2F)CC1)N1CCCC(O)C1. The van der Waals surface area contributed by atoms with Crippen LogP contribution in [0.15, 0.2) is 47.4 Å². The van der Waals surface area contributed by atoms with Crippen molar-refractivity contribution in [2.45, 2.75) is 73.6 Å². The number of amides is 1. The highest BCUT2D eigenvalue weighted by Crippen LogP contribution is 2.52. The summed E-state index contributed by atoms with van der Waals surface area (Å²) in [5, 5.41) is 9.96. The molecule has 3 aliphatic rings. The van der Waals surface area contributed by atoms with E-state index in [-0.39, 0.29) is 6.54 Å². The minimum absolute atomic E-state index is 0.133. The minimum Gasteiger partial charge on any atom is -0.441 e. The van der Waals surface area contributed by atoms with Crippen molar-refractivity contribution in [2.75, 3.05) is 13.1 Å². The number of benzene rings is 2. The number of carbonyl (C=O) groups is 1. The Morgan fingerprint density at radius 1 is 1.00 bits per heavy atom. The smallest absolute Gasteiger partial charge is 0.410 e. The average Bonchev–Trinajstić information content (AvgIpc) is 3.64. The molecular formula is C26H29F3N2O5S. The Kier molecular flexibility index (Phi) is 6.97. The van der Waals surface area contributed by atoms with Crippen molar-refractivity contribution >= 4 is 16.1 Å². The molecule has 1 saturated carbocycles. The van der Waals surface area contributed by atoms with Crippen molar-refractivity contribution in [1.82, 2.24) is 9.21 Å². The molecule has 200 valence electrons. The van der Waals surface area contributed by atoms with Crippen molar-refractivity contribution in [3.8, 4) is 0 Å². The fourth-order valence-corrected chi connectivity index (χ4v) is 7.58. The van der Waals surface area contributed by atoms with Crippen molar-refractivity contribution in [1.29, 1.82) is 0 Å². The van der Waals surface area contributed by atoms with Gasteiger partial charge in [-0.05, 0) is 74.8 Å². The highest BCUT2D eigenvalue weighted by Gasteiger charge is 2.60. The first kappa shape index (κ1) is 26.0. The summed E-state index contributed by atoms with van der Waals surface area (Å²) >= 11 is 0. The van der Waals surface area contributed by atoms with Gasteiger partial charge in [0.2, 0.25) is 10.0 Å². The Labute approximate surface area is 213 Å². The van der Waals surface area contributed by atoms with Crippen LogP contribution in [0.2, 0.25) is 0 Å². The van der Waals surface area contributed by atoms with Gasteiger partial charge in [-0.25, -0.2) is 26.4 Å². The van der Waals surface area contributed by atoms with E-state index in [9.17, 15) is 31.5 Å². The average molecular weight is 539 g/mol. The molecule has 2 aromatic carbocycles. The summed E-state index contributed by atoms with van der Waals surface area (Å²) in [5.41, 5.74) is -0.730. The summed E-state index contributed by atoms with van der Waals surface area (Å²) in [6.45, 7) is 0.555. The standard InChI is InChI=1S/C26H29F3N2O5S/c27-18-5-1-4-17(14-18)22-7-2-8-24(31(22)37(34,35)23-10-9-19(28)15-21(23)29)26(11-12-26)36-25(33)30-13-3-6-20(32)16-30/h1,4-5,9-10,14-15,20,22,24,32H,2-3,6-8,11-13,16H2/t20?,22-,24+/m0/s1. The van der Waals surface area contributed by atoms with Gasteiger partial charge >= 0.3 is 6.09 Å². The molecule has 2 saturated heterocycles. The number of aliphatic hydroxyl groups is 1. The van der Waals surface area contributed by atoms with E-state index in [1.165, 1.54) is 23.1 Å². The largest absolute Gasteiger partial charge is 0.441 e. The van der Waals surface area contributed by atoms with Crippen LogP contribution >= 0.6 is 0 Å². The zero-order valence-corrected chi connectivity index (χ0v) is 21.0. The van der Waals surface area contributed by atoms with Crippen LogP contribution in [0.4, 0.5) is 18.0 Å². The zero-order chi connectivity index (χ0) is 26.4. The van der Waals surface area contributed by atoms with Crippen molar-refractivity contribution in [3.63, 3.8) is 0 Å². The second kappa shape index (κ2) is 9.92. The number of hydrogen-bond acceptors (Lipinski definition) is 5. The van der Waals surface area contributed by atoms with Crippen LogP contribution < -0.4 is 0 Å². The number of hydrogen-bond donors (Lipinski definition) is 1. The number of aliphatic hydroxyl groups excluding tert-OH is 1. The van der Waals surface area contributed by atoms with Crippen LogP contribution in [0.3, 0.4) is 0 Å². The third-order valence-corrected chi connectivity index (χ3v) is 9.50. The summed E-state index contributed by atoms with van der Waals surface area (Å²) in [6.07, 6.45) is 2.03. The lowest BCUT2D eigenvalue weighted by molar-refractivity contribution is -0.0194. The molecule has 3 fully saturated rings. The van der Waals surface area contributed by atoms with Crippen LogP contribution in [0, 0.1) is 17.5 Å². The molecule has 3 atom stereocenters. The quantitative estimate of drug-likeness (QED) is 0.605. The maximum atomic E-state index is 14.8. The number of nitrogens with zero attached hydrogens (tertiary/aromatic N) is 2. The van der Waals surface area contributed by atoms with E-state index in [2.05, 4.69) is 0 Å². The molecule has 11 heteroatoms. The molecule has 5 rings (SSSR count). The number of rotatable bonds is 5. The number of β-amino-alcohol motifs (C(OH)–C–C–N with tert-alkyl or cyclic N) is 1. The second-order valence-electron chi connectivity index (χ2n) is 10.1. The van der Waals surface area contributed by atoms with E-state index < -0.39 is 62.3 Å². The molecular weight excluding hydrogens is 509 g/mol. The van der Waals surface area contributed by atoms with Gasteiger partial charge < -0.3 is 14.7 Å². The maximum Gasteiger partial charge on any atom is 0.410 e. The van der Waals surface area contributed by atoms with E-state index in [4.69, 9.17) is 4.74 Å². The van der Waals surface area contributed by atoms with Crippen molar-refractivity contribution in [2.24, 2.45) is 0 Å². The van der Waals surface area contributed by atoms with Crippen molar-refractivity contribution in [3.05, 3.63) is 65.5 Å². The Morgan fingerprint density at radius 2 is 1.76 bits per heavy atom. The molecule has 2 aromatic rings. The third-order valence-electron chi connectivity index (χ3n) is 7.55. The van der Waals surface area contributed by atoms with Gasteiger partial charge in [0.05, 0.1) is 18.2 Å². The normalized spacial score (nSPS) is 26.1. The summed E-state index contributed by atoms with van der Waals surface area (Å²) < 4.78 is 77.6. The number of carbonyl (C=O) groups excluding carboxylic acids is 1. The lowest BCUT2D eigenvalue weighted by atomic mass is 9.90. The first-order valence-corrected chi connectivity index (χ1v) is 13.9. The van der Waals surface area contributed by atoms with Crippen molar-refractivity contribution < 1.29 is 36.2 Å². The Hall–Kier alpha value is -2.63. The summed E-state index contributed by atoms with van der Waals surface area (Å²) in [6, 6.07) is 6.19. The topological polar surface area (TPSA) is 87.2 Å². The lowest BCUT2D eigenvalue weighted by Crippen LogP contribution is -2.55. The molecule has 7 nitrogen and oxygen atoms in total. The zero-order valence-electron chi connectivity index (χ0n) is 20.2. The monoisotopic (exact) mass is 538 g/mol. The highest BCUT2D eigenvalue weighted by atomic mass is 32.2. The highest BCUT2D eigenvalue weighted by molar-refractivity contribution is 7.89. The molecule has 37 heavy (non-hydrogen) atoms. The molecule has 2 aliphatic heterocycles. The first-order chi connectivity index (χ1) is 17.6. The van der Waals surface area contributed by atoms with Crippen LogP contribution in [-0.4, -0.2) is 59.7 Å². The molecule has 0 bridgehead atoms. The fraction of sp³-hybridized carbons (Fsp3) is 0.500. The predicted octanol–water partition coefficient (Wildman–Crippen LogP) is 4.51. The fourth-order valence-electron chi connectivity index (χ4n) is 5.62. The van der Waals surface area contributed by atoms with Gasteiger partial charge in [0.15, 0.2) is 0 Å². The van der Waals surface area contributed by atoms with Gasteiger partial charge in [0.25, 0.3) is 0 Å². The van der Waals surface area contributed by atoms with E-state index in [1.807, 2.05) is 0 Å². The van der Waals surface area contributed by atoms with E-state index >= 15 is 0 Å². The number of piperidine rings is 2. The van der Waals surface area contributed by atoms with Crippen LogP contribution in [0.25, 0.3) is 0 Å². The number of ether oxygens (including phenoxy) is 1. The number of halogens is 3. The third kappa shape index (κ3) is 5.08. The summed E-state index contributed by atoms with van der Waals surface area (Å²) in [7, 11) is -4.56. The Morgan fingerprint density at radius 3 is 2.43 bits per heavy atom. The number of sulfonamides is 1. The molecule has 0 aromatic heterocycles. The van der Waals surface area contributed by atoms with Gasteiger partial charge in [-0.2, -0.15) is 4.31 Å². The van der Waals surface area contributed by atoms with E-state index in [0.717, 1.165) is 16.4 Å². The van der Waals surface area contributed by atoms with Crippen LogP contribution in [0.5, 0.6) is 0 Å². The maximum absolute atomic E-state index is 14.8. The molecule has 2 heterocycles. The van der Waals surface area contributed by atoms with Gasteiger partial charge in [-0.15, -0.1) is 0 Å². The van der Waals surface area contributed by atoms with Gasteiger partial charge in [-0.3, -0.25) is 0 Å². The Bertz CT molecular complexity index is 1290. The Balaban J connectivity index is 1.53. The molecule has 1 aliphatic carbocycles. The lowest BCUT2D eigenvalue weighted by Gasteiger charge is -2.45. The number of likely N-dealkylation sites (tertiary alicyclic amines) is 1. The molecule has 0 radical (unpaired) electrons. The second-order valence-corrected chi connectivity index (χ2v) is 11.9. The van der Waals surface area contributed by atoms with E-state index in [0.29, 0.717) is 63.1 Å². The van der Waals surface area contributed by atoms with Crippen LogP contribution in [-0.2, 0) is 14.8 Å². The van der Waals surface area contributed by atoms with Gasteiger partial charge in [-0.1, -0.05) is 12.1 Å². The predicted molar refractivity (Wildman–Crippen MR) is 127 cm³/mol. The first-order valence-electron chi connectivity index (χ1n) is 12.5. The minimum atomic E-state index is -4.56. The molecule has 1 N–H and O–H groups in total. The van der Waals surface area contributed by atoms with Crippen LogP contribution in [0.1, 0.15) is 56.6 Å². The molecule has 0 spiro atoms.